The van der Waals surface area contributed by atoms with Crippen molar-refractivity contribution in [2.45, 2.75) is 0 Å². The summed E-state index contributed by atoms with van der Waals surface area (Å²) in [5.41, 5.74) is 0.507. The van der Waals surface area contributed by atoms with Gasteiger partial charge < -0.3 is 0 Å². The number of nitrogens with zero attached hydrogens (tertiary/aromatic N) is 3. The zero-order valence-corrected chi connectivity index (χ0v) is 8.16. The lowest BCUT2D eigenvalue weighted by molar-refractivity contribution is 0.628. The summed E-state index contributed by atoms with van der Waals surface area (Å²) < 4.78 is 14.5. The molecule has 0 unspecified atom stereocenters. The number of hydrogen-bond donors (Lipinski definition) is 0. The first-order chi connectivity index (χ1) is 6.66. The van der Waals surface area contributed by atoms with Crippen LogP contribution in [-0.2, 0) is 7.05 Å². The van der Waals surface area contributed by atoms with Crippen LogP contribution in [0.4, 0.5) is 4.39 Å². The predicted octanol–water partition coefficient (Wildman–Crippen LogP) is 2.27. The van der Waals surface area contributed by atoms with E-state index in [0.717, 1.165) is 0 Å². The summed E-state index contributed by atoms with van der Waals surface area (Å²) in [5, 5.41) is 4.48. The van der Waals surface area contributed by atoms with E-state index in [1.807, 2.05) is 0 Å². The van der Waals surface area contributed by atoms with E-state index < -0.39 is 0 Å². The molecule has 0 spiro atoms. The Bertz CT molecular complexity index is 467. The van der Waals surface area contributed by atoms with Gasteiger partial charge in [-0.2, -0.15) is 5.10 Å². The average Bonchev–Trinajstić information content (AvgIpc) is 2.56. The molecular formula is C9H7ClFN3. The molecule has 0 radical (unpaired) electrons. The lowest BCUT2D eigenvalue weighted by atomic mass is 10.2. The Morgan fingerprint density at radius 2 is 2.21 bits per heavy atom. The summed E-state index contributed by atoms with van der Waals surface area (Å²) in [7, 11) is 1.74. The topological polar surface area (TPSA) is 30.7 Å². The van der Waals surface area contributed by atoms with Gasteiger partial charge in [0.2, 0.25) is 0 Å². The zero-order chi connectivity index (χ0) is 10.1. The van der Waals surface area contributed by atoms with Crippen LogP contribution in [0, 0.1) is 5.82 Å². The second-order valence-electron chi connectivity index (χ2n) is 2.87. The number of aromatic nitrogens is 3. The smallest absolute Gasteiger partial charge is 0.182 e. The van der Waals surface area contributed by atoms with Crippen molar-refractivity contribution in [3.8, 4) is 11.4 Å². The van der Waals surface area contributed by atoms with E-state index >= 15 is 0 Å². The van der Waals surface area contributed by atoms with E-state index in [0.29, 0.717) is 16.4 Å². The minimum atomic E-state index is -0.350. The first kappa shape index (κ1) is 9.15. The van der Waals surface area contributed by atoms with Gasteiger partial charge >= 0.3 is 0 Å². The van der Waals surface area contributed by atoms with Crippen molar-refractivity contribution in [2.75, 3.05) is 0 Å². The van der Waals surface area contributed by atoms with Crippen LogP contribution in [-0.4, -0.2) is 14.8 Å². The van der Waals surface area contributed by atoms with E-state index in [1.54, 1.807) is 7.05 Å². The summed E-state index contributed by atoms with van der Waals surface area (Å²) in [4.78, 5) is 3.99. The fourth-order valence-electron chi connectivity index (χ4n) is 1.13. The molecule has 0 saturated heterocycles. The molecule has 0 aliphatic carbocycles. The molecule has 0 amide bonds. The summed E-state index contributed by atoms with van der Waals surface area (Å²) in [6.45, 7) is 0. The third-order valence-electron chi connectivity index (χ3n) is 1.77. The van der Waals surface area contributed by atoms with Gasteiger partial charge in [-0.3, -0.25) is 4.68 Å². The fraction of sp³-hybridized carbons (Fsp3) is 0.111. The summed E-state index contributed by atoms with van der Waals surface area (Å²) in [6, 6.07) is 4.11. The number of aryl methyl sites for hydroxylation is 1. The molecule has 3 nitrogen and oxygen atoms in total. The number of benzene rings is 1. The highest BCUT2D eigenvalue weighted by Crippen LogP contribution is 2.25. The van der Waals surface area contributed by atoms with Crippen molar-refractivity contribution >= 4 is 11.6 Å². The maximum absolute atomic E-state index is 12.9. The lowest BCUT2D eigenvalue weighted by Gasteiger charge is -1.98. The Morgan fingerprint density at radius 3 is 2.86 bits per heavy atom. The van der Waals surface area contributed by atoms with E-state index in [4.69, 9.17) is 11.6 Å². The molecule has 0 aliphatic heterocycles. The first-order valence-corrected chi connectivity index (χ1v) is 4.35. The minimum absolute atomic E-state index is 0.350. The molecule has 1 aromatic heterocycles. The minimum Gasteiger partial charge on any atom is -0.255 e. The van der Waals surface area contributed by atoms with Crippen LogP contribution in [0.2, 0.25) is 5.02 Å². The van der Waals surface area contributed by atoms with Crippen LogP contribution in [0.15, 0.2) is 24.5 Å². The van der Waals surface area contributed by atoms with Crippen molar-refractivity contribution in [3.63, 3.8) is 0 Å². The molecule has 1 aromatic carbocycles. The second kappa shape index (κ2) is 3.38. The van der Waals surface area contributed by atoms with Gasteiger partial charge in [0.1, 0.15) is 12.1 Å². The van der Waals surface area contributed by atoms with E-state index in [-0.39, 0.29) is 5.82 Å². The highest BCUT2D eigenvalue weighted by Gasteiger charge is 2.08. The zero-order valence-electron chi connectivity index (χ0n) is 7.41. The quantitative estimate of drug-likeness (QED) is 0.725. The van der Waals surface area contributed by atoms with Gasteiger partial charge in [0, 0.05) is 12.6 Å². The molecule has 2 rings (SSSR count). The highest BCUT2D eigenvalue weighted by atomic mass is 35.5. The van der Waals surface area contributed by atoms with Gasteiger partial charge in [-0.05, 0) is 18.2 Å². The van der Waals surface area contributed by atoms with Crippen LogP contribution in [0.25, 0.3) is 11.4 Å². The molecular weight excluding hydrogens is 205 g/mol. The Labute approximate surface area is 85.1 Å². The summed E-state index contributed by atoms with van der Waals surface area (Å²) >= 11 is 5.88. The van der Waals surface area contributed by atoms with Crippen molar-refractivity contribution in [3.05, 3.63) is 35.4 Å². The maximum atomic E-state index is 12.9. The Balaban J connectivity index is 2.55. The van der Waals surface area contributed by atoms with Crippen molar-refractivity contribution in [1.82, 2.24) is 14.8 Å². The lowest BCUT2D eigenvalue weighted by Crippen LogP contribution is -1.89. The SMILES string of the molecule is Cn1cnc(-c2cc(F)ccc2Cl)n1. The number of halogens is 2. The van der Waals surface area contributed by atoms with Gasteiger partial charge in [-0.25, -0.2) is 9.37 Å². The monoisotopic (exact) mass is 211 g/mol. The van der Waals surface area contributed by atoms with Gasteiger partial charge in [-0.1, -0.05) is 11.6 Å². The van der Waals surface area contributed by atoms with Gasteiger partial charge in [0.05, 0.1) is 5.02 Å². The highest BCUT2D eigenvalue weighted by molar-refractivity contribution is 6.33. The molecule has 0 fully saturated rings. The second-order valence-corrected chi connectivity index (χ2v) is 3.27. The summed E-state index contributed by atoms with van der Waals surface area (Å²) in [5.74, 6) is 0.0776. The Kier molecular flexibility index (Phi) is 2.21. The largest absolute Gasteiger partial charge is 0.255 e. The normalized spacial score (nSPS) is 10.5. The fourth-order valence-corrected chi connectivity index (χ4v) is 1.33. The van der Waals surface area contributed by atoms with Crippen molar-refractivity contribution in [2.24, 2.45) is 7.05 Å². The molecule has 0 aliphatic rings. The van der Waals surface area contributed by atoms with Crippen LogP contribution < -0.4 is 0 Å². The molecule has 0 bridgehead atoms. The standard InChI is InChI=1S/C9H7ClFN3/c1-14-5-12-9(13-14)7-4-6(11)2-3-8(7)10/h2-5H,1H3. The third-order valence-corrected chi connectivity index (χ3v) is 2.10. The Morgan fingerprint density at radius 1 is 1.43 bits per heavy atom. The van der Waals surface area contributed by atoms with Crippen LogP contribution in [0.3, 0.4) is 0 Å². The van der Waals surface area contributed by atoms with Crippen LogP contribution >= 0.6 is 11.6 Å². The van der Waals surface area contributed by atoms with Crippen molar-refractivity contribution < 1.29 is 4.39 Å². The van der Waals surface area contributed by atoms with Crippen LogP contribution in [0.5, 0.6) is 0 Å². The van der Waals surface area contributed by atoms with Crippen LogP contribution in [0.1, 0.15) is 0 Å². The number of rotatable bonds is 1. The molecule has 72 valence electrons. The molecule has 14 heavy (non-hydrogen) atoms. The van der Waals surface area contributed by atoms with E-state index in [1.165, 1.54) is 29.2 Å². The predicted molar refractivity (Wildman–Crippen MR) is 51.4 cm³/mol. The molecule has 0 N–H and O–H groups in total. The van der Waals surface area contributed by atoms with Gasteiger partial charge in [0.25, 0.3) is 0 Å². The first-order valence-electron chi connectivity index (χ1n) is 3.98. The van der Waals surface area contributed by atoms with Gasteiger partial charge in [-0.15, -0.1) is 0 Å². The molecule has 5 heteroatoms. The van der Waals surface area contributed by atoms with E-state index in [2.05, 4.69) is 10.1 Å². The average molecular weight is 212 g/mol. The molecule has 0 saturated carbocycles. The van der Waals surface area contributed by atoms with E-state index in [9.17, 15) is 4.39 Å². The van der Waals surface area contributed by atoms with Crippen molar-refractivity contribution in [1.29, 1.82) is 0 Å². The maximum Gasteiger partial charge on any atom is 0.182 e. The molecule has 0 atom stereocenters. The number of hydrogen-bond acceptors (Lipinski definition) is 2. The summed E-state index contributed by atoms with van der Waals surface area (Å²) in [6.07, 6.45) is 1.54. The third kappa shape index (κ3) is 1.61. The Hall–Kier alpha value is -1.42. The van der Waals surface area contributed by atoms with Gasteiger partial charge in [0.15, 0.2) is 5.82 Å². The molecule has 1 heterocycles. The molecule has 2 aromatic rings.